The number of carbonyl (C=O) groups is 1. The Balaban J connectivity index is 2.55. The van der Waals surface area contributed by atoms with Crippen LogP contribution in [0.1, 0.15) is 27.0 Å². The van der Waals surface area contributed by atoms with Crippen LogP contribution in [0.3, 0.4) is 0 Å². The Morgan fingerprint density at radius 1 is 0.793 bits per heavy atom. The Bertz CT molecular complexity index is 945. The molecule has 0 aromatic heterocycles. The van der Waals surface area contributed by atoms with Gasteiger partial charge in [-0.2, -0.15) is 0 Å². The number of ketones is 1. The van der Waals surface area contributed by atoms with Crippen molar-refractivity contribution in [2.75, 3.05) is 35.5 Å². The minimum absolute atomic E-state index is 0.0685. The normalized spacial score (nSPS) is 10.7. The summed E-state index contributed by atoms with van der Waals surface area (Å²) in [4.78, 5) is 12.9. The zero-order valence-corrected chi connectivity index (χ0v) is 17.7. The predicted octanol–water partition coefficient (Wildman–Crippen LogP) is 3.95. The van der Waals surface area contributed by atoms with Crippen LogP contribution in [0, 0.1) is 13.8 Å². The minimum atomic E-state index is -0.426. The van der Waals surface area contributed by atoms with E-state index in [2.05, 4.69) is 0 Å². The Kier molecular flexibility index (Phi) is 6.98. The van der Waals surface area contributed by atoms with Gasteiger partial charge >= 0.3 is 0 Å². The molecule has 0 aliphatic rings. The molecule has 0 aliphatic carbocycles. The van der Waals surface area contributed by atoms with Crippen LogP contribution in [0.15, 0.2) is 18.2 Å². The highest BCUT2D eigenvalue weighted by Gasteiger charge is 2.24. The first-order valence-corrected chi connectivity index (χ1v) is 8.81. The molecule has 156 valence electrons. The van der Waals surface area contributed by atoms with Crippen molar-refractivity contribution in [3.05, 3.63) is 40.5 Å². The van der Waals surface area contributed by atoms with Crippen molar-refractivity contribution in [1.29, 1.82) is 0 Å². The number of aromatic hydroxyl groups is 1. The average molecular weight is 402 g/mol. The number of benzene rings is 2. The molecule has 2 rings (SSSR count). The number of phenols is 1. The fourth-order valence-electron chi connectivity index (χ4n) is 3.27. The van der Waals surface area contributed by atoms with Crippen molar-refractivity contribution in [1.82, 2.24) is 0 Å². The lowest BCUT2D eigenvalue weighted by atomic mass is 9.98. The molecule has 2 aromatic carbocycles. The van der Waals surface area contributed by atoms with Gasteiger partial charge in [-0.3, -0.25) is 4.79 Å². The number of hydrogen-bond acceptors (Lipinski definition) is 7. The maximum atomic E-state index is 12.9. The van der Waals surface area contributed by atoms with Crippen LogP contribution >= 0.6 is 0 Å². The molecule has 0 amide bonds. The molecule has 0 aliphatic heterocycles. The molecule has 7 heteroatoms. The highest BCUT2D eigenvalue weighted by atomic mass is 16.5. The van der Waals surface area contributed by atoms with Crippen LogP contribution < -0.4 is 23.7 Å². The molecule has 0 bridgehead atoms. The minimum Gasteiger partial charge on any atom is -0.507 e. The third kappa shape index (κ3) is 3.94. The van der Waals surface area contributed by atoms with Gasteiger partial charge in [0.25, 0.3) is 0 Å². The molecule has 0 radical (unpaired) electrons. The molecule has 7 nitrogen and oxygen atoms in total. The van der Waals surface area contributed by atoms with Gasteiger partial charge in [-0.1, -0.05) is 0 Å². The molecule has 0 heterocycles. The molecular weight excluding hydrogens is 376 g/mol. The van der Waals surface area contributed by atoms with Crippen LogP contribution in [0.5, 0.6) is 34.5 Å². The standard InChI is InChI=1S/C22H26O7/c1-12-18(24)17(20(27-5)13(2)19(12)26-4)15(23)10-8-14-9-11-16(25-3)22(29-7)21(14)28-6/h8-11,24H,1-7H3/b10-8+. The van der Waals surface area contributed by atoms with Crippen LogP contribution in [-0.2, 0) is 0 Å². The fraction of sp³-hybridized carbons (Fsp3) is 0.318. The van der Waals surface area contributed by atoms with Crippen molar-refractivity contribution in [3.8, 4) is 34.5 Å². The van der Waals surface area contributed by atoms with E-state index in [4.69, 9.17) is 23.7 Å². The monoisotopic (exact) mass is 402 g/mol. The second kappa shape index (κ2) is 9.23. The molecule has 1 N–H and O–H groups in total. The number of rotatable bonds is 8. The summed E-state index contributed by atoms with van der Waals surface area (Å²) in [6.45, 7) is 3.44. The summed E-state index contributed by atoms with van der Waals surface area (Å²) in [6, 6.07) is 3.46. The number of phenolic OH excluding ortho intramolecular Hbond substituents is 1. The van der Waals surface area contributed by atoms with Gasteiger partial charge < -0.3 is 28.8 Å². The molecule has 0 saturated heterocycles. The predicted molar refractivity (Wildman–Crippen MR) is 110 cm³/mol. The first kappa shape index (κ1) is 21.9. The van der Waals surface area contributed by atoms with Crippen LogP contribution in [0.2, 0.25) is 0 Å². The van der Waals surface area contributed by atoms with E-state index in [9.17, 15) is 9.90 Å². The highest BCUT2D eigenvalue weighted by molar-refractivity contribution is 6.11. The van der Waals surface area contributed by atoms with E-state index in [0.717, 1.165) is 0 Å². The Morgan fingerprint density at radius 2 is 1.38 bits per heavy atom. The summed E-state index contributed by atoms with van der Waals surface area (Å²) >= 11 is 0. The first-order valence-electron chi connectivity index (χ1n) is 8.81. The average Bonchev–Trinajstić information content (AvgIpc) is 2.73. The number of ether oxygens (including phenoxy) is 5. The quantitative estimate of drug-likeness (QED) is 0.529. The second-order valence-corrected chi connectivity index (χ2v) is 6.16. The van der Waals surface area contributed by atoms with Crippen molar-refractivity contribution < 1.29 is 33.6 Å². The topological polar surface area (TPSA) is 83.5 Å². The third-order valence-electron chi connectivity index (χ3n) is 4.64. The highest BCUT2D eigenvalue weighted by Crippen LogP contribution is 2.43. The van der Waals surface area contributed by atoms with Crippen LogP contribution in [-0.4, -0.2) is 46.4 Å². The molecule has 0 atom stereocenters. The van der Waals surface area contributed by atoms with Gasteiger partial charge in [0, 0.05) is 16.7 Å². The van der Waals surface area contributed by atoms with Crippen molar-refractivity contribution in [3.63, 3.8) is 0 Å². The molecule has 0 unspecified atom stereocenters. The zero-order chi connectivity index (χ0) is 21.7. The number of hydrogen-bond donors (Lipinski definition) is 1. The molecule has 2 aromatic rings. The first-order chi connectivity index (χ1) is 13.9. The maximum absolute atomic E-state index is 12.9. The van der Waals surface area contributed by atoms with E-state index < -0.39 is 5.78 Å². The van der Waals surface area contributed by atoms with Gasteiger partial charge in [-0.25, -0.2) is 0 Å². The van der Waals surface area contributed by atoms with Crippen molar-refractivity contribution in [2.45, 2.75) is 13.8 Å². The van der Waals surface area contributed by atoms with E-state index in [1.807, 2.05) is 0 Å². The van der Waals surface area contributed by atoms with Gasteiger partial charge in [-0.05, 0) is 38.1 Å². The molecular formula is C22H26O7. The van der Waals surface area contributed by atoms with Crippen LogP contribution in [0.25, 0.3) is 6.08 Å². The lowest BCUT2D eigenvalue weighted by molar-refractivity contribution is 0.104. The summed E-state index contributed by atoms with van der Waals surface area (Å²) in [5.74, 6) is 1.48. The summed E-state index contributed by atoms with van der Waals surface area (Å²) in [6.07, 6.45) is 2.92. The third-order valence-corrected chi connectivity index (χ3v) is 4.64. The Morgan fingerprint density at radius 3 is 1.90 bits per heavy atom. The van der Waals surface area contributed by atoms with E-state index in [0.29, 0.717) is 39.7 Å². The summed E-state index contributed by atoms with van der Waals surface area (Å²) < 4.78 is 26.8. The Hall–Kier alpha value is -3.35. The lowest BCUT2D eigenvalue weighted by Crippen LogP contribution is -2.05. The van der Waals surface area contributed by atoms with E-state index in [-0.39, 0.29) is 17.1 Å². The van der Waals surface area contributed by atoms with Crippen LogP contribution in [0.4, 0.5) is 0 Å². The largest absolute Gasteiger partial charge is 0.507 e. The van der Waals surface area contributed by atoms with Gasteiger partial charge in [0.05, 0.1) is 35.5 Å². The summed E-state index contributed by atoms with van der Waals surface area (Å²) in [7, 11) is 7.47. The molecule has 0 fully saturated rings. The molecule has 0 spiro atoms. The molecule has 29 heavy (non-hydrogen) atoms. The SMILES string of the molecule is COc1ccc(/C=C/C(=O)c2c(O)c(C)c(OC)c(C)c2OC)c(OC)c1OC. The number of allylic oxidation sites excluding steroid dienone is 1. The second-order valence-electron chi connectivity index (χ2n) is 6.16. The van der Waals surface area contributed by atoms with Gasteiger partial charge in [-0.15, -0.1) is 0 Å². The number of carbonyl (C=O) groups excluding carboxylic acids is 1. The summed E-state index contributed by atoms with van der Waals surface area (Å²) in [5.41, 5.74) is 1.77. The van der Waals surface area contributed by atoms with Crippen molar-refractivity contribution in [2.24, 2.45) is 0 Å². The van der Waals surface area contributed by atoms with E-state index in [1.165, 1.54) is 41.6 Å². The van der Waals surface area contributed by atoms with Crippen molar-refractivity contribution >= 4 is 11.9 Å². The Labute approximate surface area is 170 Å². The van der Waals surface area contributed by atoms with Gasteiger partial charge in [0.2, 0.25) is 5.75 Å². The van der Waals surface area contributed by atoms with E-state index >= 15 is 0 Å². The van der Waals surface area contributed by atoms with Gasteiger partial charge in [0.1, 0.15) is 22.8 Å². The lowest BCUT2D eigenvalue weighted by Gasteiger charge is -2.18. The fourth-order valence-corrected chi connectivity index (χ4v) is 3.27. The van der Waals surface area contributed by atoms with Gasteiger partial charge in [0.15, 0.2) is 17.3 Å². The number of methoxy groups -OCH3 is 5. The summed E-state index contributed by atoms with van der Waals surface area (Å²) in [5, 5.41) is 10.6. The zero-order valence-electron chi connectivity index (χ0n) is 17.7. The maximum Gasteiger partial charge on any atom is 0.203 e. The smallest absolute Gasteiger partial charge is 0.203 e. The van der Waals surface area contributed by atoms with E-state index in [1.54, 1.807) is 32.1 Å². The molecule has 0 saturated carbocycles.